The van der Waals surface area contributed by atoms with Crippen molar-refractivity contribution in [3.8, 4) is 0 Å². The molecule has 104 valence electrons. The number of methoxy groups -OCH3 is 1. The first-order chi connectivity index (χ1) is 9.11. The van der Waals surface area contributed by atoms with Gasteiger partial charge >= 0.3 is 0 Å². The van der Waals surface area contributed by atoms with Gasteiger partial charge in [0.2, 0.25) is 11.7 Å². The molecule has 2 heterocycles. The van der Waals surface area contributed by atoms with Gasteiger partial charge in [0.25, 0.3) is 0 Å². The van der Waals surface area contributed by atoms with Gasteiger partial charge in [0.1, 0.15) is 6.10 Å². The predicted octanol–water partition coefficient (Wildman–Crippen LogP) is 1.38. The fraction of sp³-hybridized carbons (Fsp3) is 0.583. The molecule has 0 aromatic carbocycles. The van der Waals surface area contributed by atoms with Crippen LogP contribution < -0.4 is 5.73 Å². The maximum atomic E-state index is 6.03. The highest BCUT2D eigenvalue weighted by Gasteiger charge is 2.23. The number of aromatic amines is 1. The maximum absolute atomic E-state index is 6.03. The van der Waals surface area contributed by atoms with Gasteiger partial charge in [-0.15, -0.1) is 0 Å². The number of H-pyrrole nitrogens is 1. The summed E-state index contributed by atoms with van der Waals surface area (Å²) in [6.45, 7) is 4.07. The molecule has 0 saturated carbocycles. The van der Waals surface area contributed by atoms with Crippen LogP contribution in [0.3, 0.4) is 0 Å². The number of ether oxygens (including phenoxy) is 1. The van der Waals surface area contributed by atoms with Crippen molar-refractivity contribution < 1.29 is 9.26 Å². The van der Waals surface area contributed by atoms with Crippen molar-refractivity contribution in [2.45, 2.75) is 32.4 Å². The van der Waals surface area contributed by atoms with E-state index in [2.05, 4.69) is 20.1 Å². The Morgan fingerprint density at radius 3 is 2.84 bits per heavy atom. The molecule has 1 unspecified atom stereocenters. The Kier molecular flexibility index (Phi) is 4.28. The number of rotatable bonds is 6. The summed E-state index contributed by atoms with van der Waals surface area (Å²) < 4.78 is 10.6. The first kappa shape index (κ1) is 13.7. The molecule has 0 saturated heterocycles. The molecule has 2 aromatic rings. The van der Waals surface area contributed by atoms with Crippen LogP contribution in [0.15, 0.2) is 17.0 Å². The third-order valence-electron chi connectivity index (χ3n) is 2.88. The van der Waals surface area contributed by atoms with Crippen LogP contribution >= 0.6 is 0 Å². The lowest BCUT2D eigenvalue weighted by Gasteiger charge is -2.14. The SMILES string of the molecule is COC(c1noc([C@H](N)Cc2cnc[nH]2)n1)C(C)C. The van der Waals surface area contributed by atoms with Crippen molar-refractivity contribution in [3.63, 3.8) is 0 Å². The van der Waals surface area contributed by atoms with Gasteiger partial charge in [-0.25, -0.2) is 4.98 Å². The Labute approximate surface area is 111 Å². The zero-order chi connectivity index (χ0) is 13.8. The molecular formula is C12H19N5O2. The van der Waals surface area contributed by atoms with Crippen LogP contribution in [0.25, 0.3) is 0 Å². The number of hydrogen-bond donors (Lipinski definition) is 2. The number of nitrogens with one attached hydrogen (secondary N) is 1. The number of nitrogens with two attached hydrogens (primary N) is 1. The number of hydrogen-bond acceptors (Lipinski definition) is 6. The topological polar surface area (TPSA) is 103 Å². The molecule has 7 heteroatoms. The van der Waals surface area contributed by atoms with Crippen LogP contribution in [0.5, 0.6) is 0 Å². The molecule has 0 aliphatic carbocycles. The minimum Gasteiger partial charge on any atom is -0.373 e. The van der Waals surface area contributed by atoms with Gasteiger partial charge < -0.3 is 20.0 Å². The van der Waals surface area contributed by atoms with Crippen molar-refractivity contribution in [1.82, 2.24) is 20.1 Å². The second-order valence-corrected chi connectivity index (χ2v) is 4.78. The van der Waals surface area contributed by atoms with Gasteiger partial charge in [-0.1, -0.05) is 19.0 Å². The molecule has 0 radical (unpaired) electrons. The summed E-state index contributed by atoms with van der Waals surface area (Å²) in [5.74, 6) is 1.21. The molecule has 2 rings (SSSR count). The average Bonchev–Trinajstić information content (AvgIpc) is 3.00. The van der Waals surface area contributed by atoms with Crippen LogP contribution in [-0.2, 0) is 11.2 Å². The highest BCUT2D eigenvalue weighted by molar-refractivity contribution is 5.03. The van der Waals surface area contributed by atoms with E-state index in [1.54, 1.807) is 19.6 Å². The Balaban J connectivity index is 2.07. The lowest BCUT2D eigenvalue weighted by Crippen LogP contribution is -2.15. The Hall–Kier alpha value is -1.73. The van der Waals surface area contributed by atoms with Crippen molar-refractivity contribution in [3.05, 3.63) is 29.9 Å². The van der Waals surface area contributed by atoms with Crippen LogP contribution in [0.1, 0.15) is 43.4 Å². The van der Waals surface area contributed by atoms with Crippen molar-refractivity contribution >= 4 is 0 Å². The lowest BCUT2D eigenvalue weighted by molar-refractivity contribution is 0.0555. The zero-order valence-corrected chi connectivity index (χ0v) is 11.3. The van der Waals surface area contributed by atoms with E-state index in [4.69, 9.17) is 15.0 Å². The number of aromatic nitrogens is 4. The average molecular weight is 265 g/mol. The van der Waals surface area contributed by atoms with Crippen molar-refractivity contribution in [2.24, 2.45) is 11.7 Å². The summed E-state index contributed by atoms with van der Waals surface area (Å²) in [7, 11) is 1.63. The minimum absolute atomic E-state index is 0.183. The molecule has 0 aliphatic heterocycles. The van der Waals surface area contributed by atoms with Crippen LogP contribution in [0, 0.1) is 5.92 Å². The molecule has 7 nitrogen and oxygen atoms in total. The third kappa shape index (κ3) is 3.18. The smallest absolute Gasteiger partial charge is 0.244 e. The van der Waals surface area contributed by atoms with Gasteiger partial charge in [-0.3, -0.25) is 0 Å². The molecule has 2 atom stereocenters. The van der Waals surface area contributed by atoms with E-state index in [9.17, 15) is 0 Å². The van der Waals surface area contributed by atoms with Gasteiger partial charge in [-0.2, -0.15) is 4.98 Å². The second-order valence-electron chi connectivity index (χ2n) is 4.78. The second kappa shape index (κ2) is 5.94. The van der Waals surface area contributed by atoms with E-state index in [1.807, 2.05) is 13.8 Å². The van der Waals surface area contributed by atoms with Crippen molar-refractivity contribution in [2.75, 3.05) is 7.11 Å². The summed E-state index contributed by atoms with van der Waals surface area (Å²) in [4.78, 5) is 11.3. The minimum atomic E-state index is -0.355. The molecule has 0 aliphatic rings. The summed E-state index contributed by atoms with van der Waals surface area (Å²) in [5.41, 5.74) is 6.96. The highest BCUT2D eigenvalue weighted by atomic mass is 16.5. The van der Waals surface area contributed by atoms with E-state index in [0.29, 0.717) is 18.1 Å². The molecule has 0 bridgehead atoms. The first-order valence-electron chi connectivity index (χ1n) is 6.21. The normalized spacial score (nSPS) is 14.8. The Bertz CT molecular complexity index is 494. The number of imidazole rings is 1. The van der Waals surface area contributed by atoms with Crippen LogP contribution in [-0.4, -0.2) is 27.2 Å². The molecule has 2 aromatic heterocycles. The molecular weight excluding hydrogens is 246 g/mol. The maximum Gasteiger partial charge on any atom is 0.244 e. The fourth-order valence-electron chi connectivity index (χ4n) is 1.91. The van der Waals surface area contributed by atoms with E-state index >= 15 is 0 Å². The monoisotopic (exact) mass is 265 g/mol. The quantitative estimate of drug-likeness (QED) is 0.817. The molecule has 19 heavy (non-hydrogen) atoms. The summed E-state index contributed by atoms with van der Waals surface area (Å²) in [5, 5.41) is 3.94. The summed E-state index contributed by atoms with van der Waals surface area (Å²) in [6.07, 6.45) is 3.72. The van der Waals surface area contributed by atoms with Crippen molar-refractivity contribution in [1.29, 1.82) is 0 Å². The largest absolute Gasteiger partial charge is 0.373 e. The number of nitrogens with zero attached hydrogens (tertiary/aromatic N) is 3. The standard InChI is InChI=1S/C12H19N5O2/c1-7(2)10(18-3)11-16-12(19-17-11)9(13)4-8-5-14-6-15-8/h5-7,9-10H,4,13H2,1-3H3,(H,14,15)/t9-,10?/m1/s1. The highest BCUT2D eigenvalue weighted by Crippen LogP contribution is 2.23. The lowest BCUT2D eigenvalue weighted by atomic mass is 10.1. The molecule has 0 fully saturated rings. The summed E-state index contributed by atoms with van der Waals surface area (Å²) in [6, 6.07) is -0.355. The molecule has 0 spiro atoms. The van der Waals surface area contributed by atoms with E-state index in [-0.39, 0.29) is 18.1 Å². The van der Waals surface area contributed by atoms with Gasteiger partial charge in [0, 0.05) is 25.4 Å². The van der Waals surface area contributed by atoms with Crippen LogP contribution in [0.4, 0.5) is 0 Å². The molecule has 3 N–H and O–H groups in total. The van der Waals surface area contributed by atoms with Gasteiger partial charge in [0.05, 0.1) is 12.4 Å². The van der Waals surface area contributed by atoms with E-state index in [0.717, 1.165) is 5.69 Å². The van der Waals surface area contributed by atoms with Gasteiger partial charge in [-0.05, 0) is 5.92 Å². The Morgan fingerprint density at radius 1 is 1.47 bits per heavy atom. The Morgan fingerprint density at radius 2 is 2.26 bits per heavy atom. The van der Waals surface area contributed by atoms with E-state index < -0.39 is 0 Å². The van der Waals surface area contributed by atoms with Crippen LogP contribution in [0.2, 0.25) is 0 Å². The predicted molar refractivity (Wildman–Crippen MR) is 68.1 cm³/mol. The zero-order valence-electron chi connectivity index (χ0n) is 11.3. The first-order valence-corrected chi connectivity index (χ1v) is 6.21. The third-order valence-corrected chi connectivity index (χ3v) is 2.88. The molecule has 0 amide bonds. The van der Waals surface area contributed by atoms with E-state index in [1.165, 1.54) is 0 Å². The fourth-order valence-corrected chi connectivity index (χ4v) is 1.91. The van der Waals surface area contributed by atoms with Gasteiger partial charge in [0.15, 0.2) is 0 Å². The summed E-state index contributed by atoms with van der Waals surface area (Å²) >= 11 is 0.